The van der Waals surface area contributed by atoms with E-state index in [1.807, 2.05) is 6.92 Å². The predicted octanol–water partition coefficient (Wildman–Crippen LogP) is 43.3. The van der Waals surface area contributed by atoms with Gasteiger partial charge in [-0.25, -0.2) is 0 Å². The summed E-state index contributed by atoms with van der Waals surface area (Å²) in [6.07, 6.45) is 107. The second kappa shape index (κ2) is 148. The Morgan fingerprint density at radius 1 is 0.157 bits per heavy atom. The number of quaternary nitrogens is 4. The Morgan fingerprint density at radius 2 is 0.307 bits per heavy atom. The van der Waals surface area contributed by atoms with Crippen molar-refractivity contribution in [3.8, 4) is 0 Å². The number of hydrogen-bond acceptors (Lipinski definition) is 4. The lowest BCUT2D eigenvalue weighted by Gasteiger charge is -2.39. The summed E-state index contributed by atoms with van der Waals surface area (Å²) in [5.41, 5.74) is 0. The Kier molecular flexibility index (Phi) is 177. The minimum absolute atomic E-state index is 0. The SMILES string of the molecule is C.C.CCCCCC.CCCCCCCCCCCCCCC.CCCCCCCCN(CCCCCCCC)CCCCCCCC.CCCCCCCC[N+](C)(C)C.CCCCN(CCCC)CCCC.CCCC[N+](C)(C)C.CCCC[N+](C)(CCCC)CCCC.CCCC[N+](CCCC)(CCCC)CCCC.CCCC[P+](CCCC)(CCCC)CCCC.CCCO.CCN(CC)CC. The summed E-state index contributed by atoms with van der Waals surface area (Å²) in [5, 5.41) is 7.88. The van der Waals surface area contributed by atoms with Gasteiger partial charge >= 0.3 is 0 Å². The van der Waals surface area contributed by atoms with Crippen molar-refractivity contribution in [3.05, 3.63) is 0 Å². The first kappa shape index (κ1) is 168. The van der Waals surface area contributed by atoms with Gasteiger partial charge in [-0.15, -0.1) is 0 Å². The Hall–Kier alpha value is 0.110. The first-order chi connectivity index (χ1) is 66.6. The normalized spacial score (nSPS) is 11.2. The summed E-state index contributed by atoms with van der Waals surface area (Å²) in [6.45, 7) is 85.8. The number of aliphatic hydroxyl groups excluding tert-OH is 1. The number of rotatable bonds is 92. The maximum Gasteiger partial charge on any atom is 0.0786 e. The van der Waals surface area contributed by atoms with E-state index in [9.17, 15) is 0 Å². The van der Waals surface area contributed by atoms with Crippen LogP contribution >= 0.6 is 7.26 Å². The fourth-order valence-electron chi connectivity index (χ4n) is 17.7. The van der Waals surface area contributed by atoms with Crippen molar-refractivity contribution in [1.82, 2.24) is 14.7 Å². The highest BCUT2D eigenvalue weighted by Gasteiger charge is 2.34. The molecule has 0 spiro atoms. The molecule has 0 aromatic rings. The molecule has 0 unspecified atom stereocenters. The van der Waals surface area contributed by atoms with Crippen molar-refractivity contribution in [3.63, 3.8) is 0 Å². The molecular formula is C131H301N7OP+5. The van der Waals surface area contributed by atoms with Gasteiger partial charge in [-0.05, 0) is 194 Å². The van der Waals surface area contributed by atoms with Crippen LogP contribution in [0.3, 0.4) is 0 Å². The van der Waals surface area contributed by atoms with Gasteiger partial charge in [0.1, 0.15) is 0 Å². The van der Waals surface area contributed by atoms with E-state index in [1.165, 1.54) is 583 Å². The van der Waals surface area contributed by atoms with Crippen molar-refractivity contribution in [1.29, 1.82) is 0 Å². The van der Waals surface area contributed by atoms with Gasteiger partial charge in [0, 0.05) is 13.9 Å². The molecule has 0 aromatic carbocycles. The molecule has 0 saturated heterocycles. The van der Waals surface area contributed by atoms with E-state index < -0.39 is 7.26 Å². The lowest BCUT2D eigenvalue weighted by Crippen LogP contribution is -2.50. The lowest BCUT2D eigenvalue weighted by atomic mass is 10.1. The monoisotopic (exact) mass is 2020 g/mol. The Morgan fingerprint density at radius 3 is 0.471 bits per heavy atom. The van der Waals surface area contributed by atoms with Crippen LogP contribution in [-0.2, 0) is 0 Å². The maximum absolute atomic E-state index is 7.88. The molecule has 0 saturated carbocycles. The molecule has 140 heavy (non-hydrogen) atoms. The van der Waals surface area contributed by atoms with Crippen molar-refractivity contribution < 1.29 is 23.0 Å². The van der Waals surface area contributed by atoms with Gasteiger partial charge in [0.05, 0.1) is 133 Å². The summed E-state index contributed by atoms with van der Waals surface area (Å²) in [6, 6.07) is 0. The Balaban J connectivity index is -0.000000118. The van der Waals surface area contributed by atoms with Crippen LogP contribution in [0.25, 0.3) is 0 Å². The minimum Gasteiger partial charge on any atom is -0.396 e. The van der Waals surface area contributed by atoms with Crippen molar-refractivity contribution >= 4 is 7.26 Å². The molecule has 0 heterocycles. The molecule has 0 radical (unpaired) electrons. The van der Waals surface area contributed by atoms with Gasteiger partial charge in [0.2, 0.25) is 0 Å². The molecule has 0 bridgehead atoms. The summed E-state index contributed by atoms with van der Waals surface area (Å²) in [7, 11) is 15.4. The smallest absolute Gasteiger partial charge is 0.0786 e. The summed E-state index contributed by atoms with van der Waals surface area (Å²) < 4.78 is 4.96. The van der Waals surface area contributed by atoms with E-state index in [1.54, 1.807) is 24.6 Å². The quantitative estimate of drug-likeness (QED) is 0.0373. The van der Waals surface area contributed by atoms with E-state index in [4.69, 9.17) is 5.11 Å². The fraction of sp³-hybridized carbons (Fsp3) is 1.00. The topological polar surface area (TPSA) is 30.0 Å². The van der Waals surface area contributed by atoms with Crippen LogP contribution in [0.1, 0.15) is 664 Å². The van der Waals surface area contributed by atoms with Crippen molar-refractivity contribution in [2.45, 2.75) is 664 Å². The van der Waals surface area contributed by atoms with Crippen LogP contribution in [0.15, 0.2) is 0 Å². The molecule has 0 amide bonds. The molecule has 9 heteroatoms. The number of unbranched alkanes of at least 4 members (excludes halogenated alkanes) is 50. The van der Waals surface area contributed by atoms with E-state index in [0.717, 1.165) is 15.4 Å². The number of aliphatic hydroxyl groups is 1. The number of hydrogen-bond donors (Lipinski definition) is 1. The van der Waals surface area contributed by atoms with Crippen LogP contribution in [-0.4, -0.2) is 236 Å². The number of nitrogens with zero attached hydrogens (tertiary/aromatic N) is 7. The summed E-state index contributed by atoms with van der Waals surface area (Å²) >= 11 is 0. The van der Waals surface area contributed by atoms with Crippen molar-refractivity contribution in [2.75, 3.05) is 198 Å². The highest BCUT2D eigenvalue weighted by atomic mass is 31.2. The van der Waals surface area contributed by atoms with Gasteiger partial charge in [-0.1, -0.05) is 529 Å². The van der Waals surface area contributed by atoms with Crippen LogP contribution in [0, 0.1) is 0 Å². The third kappa shape index (κ3) is 161. The van der Waals surface area contributed by atoms with Gasteiger partial charge < -0.3 is 37.7 Å². The van der Waals surface area contributed by atoms with E-state index >= 15 is 0 Å². The largest absolute Gasteiger partial charge is 0.396 e. The molecule has 0 atom stereocenters. The molecule has 0 rings (SSSR count). The molecule has 0 aliphatic carbocycles. The van der Waals surface area contributed by atoms with Gasteiger partial charge in [0.15, 0.2) is 0 Å². The molecule has 0 aliphatic heterocycles. The molecule has 0 fully saturated rings. The molecule has 8 nitrogen and oxygen atoms in total. The van der Waals surface area contributed by atoms with E-state index in [0.29, 0.717) is 6.61 Å². The van der Waals surface area contributed by atoms with Crippen LogP contribution in [0.5, 0.6) is 0 Å². The predicted molar refractivity (Wildman–Crippen MR) is 668 cm³/mol. The first-order valence-electron chi connectivity index (χ1n) is 64.5. The van der Waals surface area contributed by atoms with Crippen LogP contribution in [0.4, 0.5) is 0 Å². The highest BCUT2D eigenvalue weighted by molar-refractivity contribution is 7.75. The second-order valence-electron chi connectivity index (χ2n) is 45.3. The zero-order chi connectivity index (χ0) is 106. The first-order valence-corrected chi connectivity index (χ1v) is 67.0. The standard InChI is InChI=1S/C24H51N.C16H36N.C16H36P.C15H32.C13H30N.C12H27N.C11H26N.C7H18N.C6H15N.C6H14.C3H8O.2CH4/c1-4-7-10-13-16-19-22-25(23-20-17-14-11-8-5-2)24-21-18-15-12-9-6-3;2*1-5-9-13-17(14-10-6-2,15-11-7-3)16-12-8-4;1-3-5-7-9-11-13-15-14-12-10-8-6-4-2;1-5-8-11-14(4,12-9-6-2)13-10-7-3;1-4-7-10-13(11-8-5-2)12-9-6-3;1-5-6-7-8-9-10-11-12(2,3)4;1-5-6-7-8(2,3)4;1-4-7(5-2)6-3;1-3-5-6-4-2;1-2-3-4;;/h4-24H2,1-3H3;2*5-16H2,1-4H3;3-15H2,1-2H3;5-13H2,1-4H3;4-12H2,1-3H3;5-11H2,1-4H3;5-7H2,1-4H3;4-6H2,1-3H3;3-6H2,1-2H3;4H,2-3H2,1H3;2*1H4/q;2*+1;;+1;;2*+1;;;;;. The lowest BCUT2D eigenvalue weighted by molar-refractivity contribution is -0.929. The molecule has 0 aliphatic rings. The fourth-order valence-corrected chi connectivity index (χ4v) is 23.0. The Bertz CT molecular complexity index is 1710. The Labute approximate surface area is 901 Å². The minimum atomic E-state index is -0.562. The van der Waals surface area contributed by atoms with Crippen LogP contribution in [0.2, 0.25) is 0 Å². The molecule has 0 aromatic heterocycles. The zero-order valence-electron chi connectivity index (χ0n) is 105. The van der Waals surface area contributed by atoms with E-state index in [2.05, 4.69) is 244 Å². The molecule has 1 N–H and O–H groups in total. The van der Waals surface area contributed by atoms with Crippen molar-refractivity contribution in [2.24, 2.45) is 0 Å². The zero-order valence-corrected chi connectivity index (χ0v) is 106. The van der Waals surface area contributed by atoms with E-state index in [-0.39, 0.29) is 14.9 Å². The van der Waals surface area contributed by atoms with Gasteiger partial charge in [-0.3, -0.25) is 0 Å². The molecular weight excluding hydrogens is 1720 g/mol. The molecule has 866 valence electrons. The summed E-state index contributed by atoms with van der Waals surface area (Å²) in [5.74, 6) is 0. The van der Waals surface area contributed by atoms with Gasteiger partial charge in [0.25, 0.3) is 0 Å². The highest BCUT2D eigenvalue weighted by Crippen LogP contribution is 2.61. The maximum atomic E-state index is 7.88. The third-order valence-corrected chi connectivity index (χ3v) is 33.2. The van der Waals surface area contributed by atoms with Gasteiger partial charge in [-0.2, -0.15) is 0 Å². The van der Waals surface area contributed by atoms with Crippen LogP contribution < -0.4 is 0 Å². The average Bonchev–Trinajstić information content (AvgIpc) is 0.847. The summed E-state index contributed by atoms with van der Waals surface area (Å²) in [4.78, 5) is 7.80. The second-order valence-corrected chi connectivity index (χ2v) is 49.8. The third-order valence-electron chi connectivity index (χ3n) is 28.1. The average molecular weight is 2020 g/mol.